The fourth-order valence-corrected chi connectivity index (χ4v) is 3.62. The lowest BCUT2D eigenvalue weighted by molar-refractivity contribution is 0.195. The number of nitrogens with two attached hydrogens (primary N) is 1. The topological polar surface area (TPSA) is 73.1 Å². The second kappa shape index (κ2) is 4.83. The number of aryl methyl sites for hydroxylation is 1. The highest BCUT2D eigenvalue weighted by Crippen LogP contribution is 2.38. The van der Waals surface area contributed by atoms with Gasteiger partial charge >= 0.3 is 0 Å². The number of anilines is 2. The van der Waals surface area contributed by atoms with Crippen LogP contribution in [0.25, 0.3) is 10.6 Å². The van der Waals surface area contributed by atoms with E-state index in [0.717, 1.165) is 40.9 Å². The Labute approximate surface area is 113 Å². The number of nitrogens with zero attached hydrogens (tertiary/aromatic N) is 2. The molecule has 1 saturated heterocycles. The van der Waals surface area contributed by atoms with Crippen molar-refractivity contribution in [2.45, 2.75) is 19.4 Å². The fourth-order valence-electron chi connectivity index (χ4n) is 1.91. The van der Waals surface area contributed by atoms with Crippen LogP contribution in [0.1, 0.15) is 12.1 Å². The van der Waals surface area contributed by atoms with Gasteiger partial charge in [-0.3, -0.25) is 0 Å². The van der Waals surface area contributed by atoms with Crippen molar-refractivity contribution in [2.75, 3.05) is 24.3 Å². The van der Waals surface area contributed by atoms with Gasteiger partial charge in [-0.1, -0.05) is 0 Å². The van der Waals surface area contributed by atoms with Gasteiger partial charge in [-0.05, 0) is 24.9 Å². The maximum Gasteiger partial charge on any atom is 0.149 e. The van der Waals surface area contributed by atoms with E-state index in [1.165, 1.54) is 11.5 Å². The van der Waals surface area contributed by atoms with Crippen LogP contribution in [0.3, 0.4) is 0 Å². The van der Waals surface area contributed by atoms with Gasteiger partial charge in [0, 0.05) is 17.7 Å². The maximum atomic E-state index is 5.95. The Morgan fingerprint density at radius 2 is 2.44 bits per heavy atom. The van der Waals surface area contributed by atoms with E-state index >= 15 is 0 Å². The van der Waals surface area contributed by atoms with Gasteiger partial charge in [0.15, 0.2) is 0 Å². The van der Waals surface area contributed by atoms with Crippen LogP contribution in [-0.2, 0) is 4.74 Å². The van der Waals surface area contributed by atoms with Crippen LogP contribution < -0.4 is 11.1 Å². The Hall–Kier alpha value is -1.18. The summed E-state index contributed by atoms with van der Waals surface area (Å²) in [4.78, 5) is 4.48. The molecule has 1 unspecified atom stereocenters. The standard InChI is InChI=1S/C11H14N4OS2/c1-6-5-17-10(13-6)8-9(12)15-18-11(8)14-7-2-3-16-4-7/h5,7,14H,2-4H2,1H3,(H2,12,15). The van der Waals surface area contributed by atoms with Crippen molar-refractivity contribution in [1.29, 1.82) is 0 Å². The smallest absolute Gasteiger partial charge is 0.149 e. The van der Waals surface area contributed by atoms with Gasteiger partial charge in [-0.2, -0.15) is 4.37 Å². The number of ether oxygens (including phenoxy) is 1. The normalized spacial score (nSPS) is 19.3. The molecule has 96 valence electrons. The zero-order valence-electron chi connectivity index (χ0n) is 9.97. The summed E-state index contributed by atoms with van der Waals surface area (Å²) in [5, 5.41) is 7.41. The van der Waals surface area contributed by atoms with Crippen molar-refractivity contribution in [1.82, 2.24) is 9.36 Å². The monoisotopic (exact) mass is 282 g/mol. The van der Waals surface area contributed by atoms with Gasteiger partial charge in [0.25, 0.3) is 0 Å². The second-order valence-corrected chi connectivity index (χ2v) is 5.90. The highest BCUT2D eigenvalue weighted by molar-refractivity contribution is 7.15. The maximum absolute atomic E-state index is 5.95. The van der Waals surface area contributed by atoms with Crippen LogP contribution >= 0.6 is 22.9 Å². The summed E-state index contributed by atoms with van der Waals surface area (Å²) < 4.78 is 9.59. The Morgan fingerprint density at radius 3 is 3.11 bits per heavy atom. The van der Waals surface area contributed by atoms with Crippen LogP contribution in [0.2, 0.25) is 0 Å². The number of hydrogen-bond acceptors (Lipinski definition) is 7. The van der Waals surface area contributed by atoms with Crippen LogP contribution in [-0.4, -0.2) is 28.6 Å². The zero-order chi connectivity index (χ0) is 12.5. The number of hydrogen-bond donors (Lipinski definition) is 2. The Morgan fingerprint density at radius 1 is 1.56 bits per heavy atom. The second-order valence-electron chi connectivity index (χ2n) is 4.27. The summed E-state index contributed by atoms with van der Waals surface area (Å²) in [6.07, 6.45) is 1.02. The van der Waals surface area contributed by atoms with Gasteiger partial charge in [0.2, 0.25) is 0 Å². The SMILES string of the molecule is Cc1csc(-c2c(N)nsc2NC2CCOC2)n1. The molecule has 1 fully saturated rings. The summed E-state index contributed by atoms with van der Waals surface area (Å²) in [5.41, 5.74) is 7.90. The summed E-state index contributed by atoms with van der Waals surface area (Å²) in [6, 6.07) is 0.352. The minimum atomic E-state index is 0.352. The molecule has 1 atom stereocenters. The molecule has 1 aliphatic heterocycles. The number of aromatic nitrogens is 2. The van der Waals surface area contributed by atoms with Crippen molar-refractivity contribution < 1.29 is 4.74 Å². The largest absolute Gasteiger partial charge is 0.382 e. The third-order valence-electron chi connectivity index (χ3n) is 2.82. The van der Waals surface area contributed by atoms with Crippen LogP contribution in [0, 0.1) is 6.92 Å². The molecule has 1 aliphatic rings. The highest BCUT2D eigenvalue weighted by atomic mass is 32.1. The first-order valence-corrected chi connectivity index (χ1v) is 7.41. The molecule has 0 bridgehead atoms. The molecule has 18 heavy (non-hydrogen) atoms. The predicted octanol–water partition coefficient (Wildman–Crippen LogP) is 2.36. The first-order chi connectivity index (χ1) is 8.74. The molecule has 0 aromatic carbocycles. The number of nitrogen functional groups attached to an aromatic ring is 1. The quantitative estimate of drug-likeness (QED) is 0.904. The molecule has 2 aromatic rings. The van der Waals surface area contributed by atoms with E-state index in [9.17, 15) is 0 Å². The third kappa shape index (κ3) is 2.21. The summed E-state index contributed by atoms with van der Waals surface area (Å²) >= 11 is 2.99. The predicted molar refractivity (Wildman–Crippen MR) is 75.2 cm³/mol. The summed E-state index contributed by atoms with van der Waals surface area (Å²) in [5.74, 6) is 0.552. The van der Waals surface area contributed by atoms with Gasteiger partial charge in [-0.15, -0.1) is 11.3 Å². The zero-order valence-corrected chi connectivity index (χ0v) is 11.6. The molecular weight excluding hydrogens is 268 g/mol. The molecule has 0 amide bonds. The Kier molecular flexibility index (Phi) is 3.19. The van der Waals surface area contributed by atoms with E-state index in [-0.39, 0.29) is 0 Å². The van der Waals surface area contributed by atoms with E-state index < -0.39 is 0 Å². The van der Waals surface area contributed by atoms with Gasteiger partial charge in [-0.25, -0.2) is 4.98 Å². The molecular formula is C11H14N4OS2. The molecule has 0 aliphatic carbocycles. The minimum absolute atomic E-state index is 0.352. The molecule has 2 aromatic heterocycles. The number of rotatable bonds is 3. The lowest BCUT2D eigenvalue weighted by atomic mass is 10.2. The molecule has 3 N–H and O–H groups in total. The van der Waals surface area contributed by atoms with Crippen molar-refractivity contribution >= 4 is 33.7 Å². The number of thiazole rings is 1. The molecule has 0 radical (unpaired) electrons. The minimum Gasteiger partial charge on any atom is -0.382 e. The average Bonchev–Trinajstić information content (AvgIpc) is 3.03. The number of nitrogens with one attached hydrogen (secondary N) is 1. The molecule has 3 heterocycles. The molecule has 7 heteroatoms. The van der Waals surface area contributed by atoms with E-state index in [1.807, 2.05) is 12.3 Å². The third-order valence-corrected chi connectivity index (χ3v) is 4.59. The lowest BCUT2D eigenvalue weighted by Gasteiger charge is -2.10. The van der Waals surface area contributed by atoms with Crippen molar-refractivity contribution in [3.8, 4) is 10.6 Å². The van der Waals surface area contributed by atoms with Crippen LogP contribution in [0.15, 0.2) is 5.38 Å². The molecule has 3 rings (SSSR count). The van der Waals surface area contributed by atoms with E-state index in [4.69, 9.17) is 10.5 Å². The fraction of sp³-hybridized carbons (Fsp3) is 0.455. The first kappa shape index (κ1) is 11.9. The van der Waals surface area contributed by atoms with Crippen molar-refractivity contribution in [3.63, 3.8) is 0 Å². The van der Waals surface area contributed by atoms with E-state index in [1.54, 1.807) is 11.3 Å². The van der Waals surface area contributed by atoms with Crippen molar-refractivity contribution in [2.24, 2.45) is 0 Å². The van der Waals surface area contributed by atoms with E-state index in [2.05, 4.69) is 14.7 Å². The Balaban J connectivity index is 1.90. The van der Waals surface area contributed by atoms with Gasteiger partial charge in [0.1, 0.15) is 15.8 Å². The van der Waals surface area contributed by atoms with Crippen LogP contribution in [0.4, 0.5) is 10.8 Å². The van der Waals surface area contributed by atoms with Crippen molar-refractivity contribution in [3.05, 3.63) is 11.1 Å². The lowest BCUT2D eigenvalue weighted by Crippen LogP contribution is -2.18. The Bertz CT molecular complexity index is 545. The molecule has 5 nitrogen and oxygen atoms in total. The highest BCUT2D eigenvalue weighted by Gasteiger charge is 2.21. The van der Waals surface area contributed by atoms with E-state index in [0.29, 0.717) is 11.9 Å². The van der Waals surface area contributed by atoms with Gasteiger partial charge < -0.3 is 15.8 Å². The summed E-state index contributed by atoms with van der Waals surface area (Å²) in [6.45, 7) is 3.54. The molecule has 0 spiro atoms. The first-order valence-electron chi connectivity index (χ1n) is 5.76. The van der Waals surface area contributed by atoms with Gasteiger partial charge in [0.05, 0.1) is 18.2 Å². The average molecular weight is 282 g/mol. The molecule has 0 saturated carbocycles. The van der Waals surface area contributed by atoms with Crippen LogP contribution in [0.5, 0.6) is 0 Å². The summed E-state index contributed by atoms with van der Waals surface area (Å²) in [7, 11) is 0.